The van der Waals surface area contributed by atoms with Crippen molar-refractivity contribution in [1.82, 2.24) is 0 Å². The Morgan fingerprint density at radius 2 is 1.35 bits per heavy atom. The molecule has 0 saturated heterocycles. The number of carbonyl (C=O) groups excluding carboxylic acids is 2. The van der Waals surface area contributed by atoms with Gasteiger partial charge >= 0.3 is 0 Å². The van der Waals surface area contributed by atoms with Crippen LogP contribution >= 0.6 is 0 Å². The second-order valence-corrected chi connectivity index (χ2v) is 5.10. The van der Waals surface area contributed by atoms with Gasteiger partial charge in [0.1, 0.15) is 11.6 Å². The fourth-order valence-electron chi connectivity index (χ4n) is 1.85. The summed E-state index contributed by atoms with van der Waals surface area (Å²) in [5.74, 6) is 0.957. The van der Waals surface area contributed by atoms with E-state index in [0.29, 0.717) is 11.6 Å². The van der Waals surface area contributed by atoms with Crippen molar-refractivity contribution < 1.29 is 9.59 Å². The number of carbonyl (C=O) groups is 2. The molecule has 0 heterocycles. The molecule has 0 aliphatic carbocycles. The second kappa shape index (κ2) is 10.5. The van der Waals surface area contributed by atoms with Crippen molar-refractivity contribution in [2.24, 2.45) is 5.92 Å². The molecule has 0 fully saturated rings. The molecular weight excluding hydrogens is 212 g/mol. The van der Waals surface area contributed by atoms with Gasteiger partial charge in [0.05, 0.1) is 0 Å². The lowest BCUT2D eigenvalue weighted by Gasteiger charge is -2.06. The number of Topliss-reactive ketones (excluding diaryl/α,β-unsaturated/α-hetero) is 2. The summed E-state index contributed by atoms with van der Waals surface area (Å²) in [5, 5.41) is 0. The minimum atomic E-state index is 0.241. The molecule has 0 aromatic heterocycles. The molecule has 0 amide bonds. The second-order valence-electron chi connectivity index (χ2n) is 5.10. The maximum atomic E-state index is 11.5. The van der Waals surface area contributed by atoms with Gasteiger partial charge < -0.3 is 4.79 Å². The Morgan fingerprint density at radius 3 is 1.82 bits per heavy atom. The zero-order valence-corrected chi connectivity index (χ0v) is 11.8. The summed E-state index contributed by atoms with van der Waals surface area (Å²) < 4.78 is 0. The molecule has 2 nitrogen and oxygen atoms in total. The van der Waals surface area contributed by atoms with Gasteiger partial charge in [0.2, 0.25) is 0 Å². The average molecular weight is 240 g/mol. The van der Waals surface area contributed by atoms with Crippen LogP contribution in [0.1, 0.15) is 78.6 Å². The lowest BCUT2D eigenvalue weighted by Crippen LogP contribution is -2.09. The van der Waals surface area contributed by atoms with E-state index in [2.05, 4.69) is 6.92 Å². The van der Waals surface area contributed by atoms with Gasteiger partial charge in [-0.3, -0.25) is 4.79 Å². The molecule has 100 valence electrons. The van der Waals surface area contributed by atoms with E-state index in [4.69, 9.17) is 0 Å². The highest BCUT2D eigenvalue weighted by molar-refractivity contribution is 5.80. The third-order valence-electron chi connectivity index (χ3n) is 3.36. The molecule has 0 saturated carbocycles. The maximum Gasteiger partial charge on any atom is 0.135 e. The first kappa shape index (κ1) is 16.3. The van der Waals surface area contributed by atoms with Crippen LogP contribution in [0.25, 0.3) is 0 Å². The van der Waals surface area contributed by atoms with Gasteiger partial charge in [-0.2, -0.15) is 0 Å². The normalized spacial score (nSPS) is 12.4. The lowest BCUT2D eigenvalue weighted by atomic mass is 9.98. The van der Waals surface area contributed by atoms with Gasteiger partial charge in [0.25, 0.3) is 0 Å². The van der Waals surface area contributed by atoms with Crippen molar-refractivity contribution in [3.8, 4) is 0 Å². The quantitative estimate of drug-likeness (QED) is 0.504. The van der Waals surface area contributed by atoms with Crippen LogP contribution < -0.4 is 0 Å². The Balaban J connectivity index is 3.24. The van der Waals surface area contributed by atoms with Crippen LogP contribution in [0.2, 0.25) is 0 Å². The van der Waals surface area contributed by atoms with Crippen LogP contribution in [0.3, 0.4) is 0 Å². The fraction of sp³-hybridized carbons (Fsp3) is 0.867. The summed E-state index contributed by atoms with van der Waals surface area (Å²) in [6.07, 6.45) is 9.22. The molecule has 0 N–H and O–H groups in total. The van der Waals surface area contributed by atoms with Crippen LogP contribution in [-0.4, -0.2) is 11.6 Å². The van der Waals surface area contributed by atoms with Crippen molar-refractivity contribution in [2.45, 2.75) is 78.6 Å². The zero-order chi connectivity index (χ0) is 13.1. The standard InChI is InChI=1S/C15H28O2/c1-4-13(2)15(17)12-10-8-6-5-7-9-11-14(3)16/h13H,4-12H2,1-3H3. The van der Waals surface area contributed by atoms with Gasteiger partial charge in [-0.05, 0) is 26.2 Å². The van der Waals surface area contributed by atoms with Crippen LogP contribution in [0.5, 0.6) is 0 Å². The third kappa shape index (κ3) is 10.2. The molecule has 17 heavy (non-hydrogen) atoms. The molecular formula is C15H28O2. The summed E-state index contributed by atoms with van der Waals surface area (Å²) >= 11 is 0. The molecule has 0 aromatic rings. The van der Waals surface area contributed by atoms with Crippen molar-refractivity contribution in [3.05, 3.63) is 0 Å². The van der Waals surface area contributed by atoms with Crippen molar-refractivity contribution >= 4 is 11.6 Å². The van der Waals surface area contributed by atoms with Gasteiger partial charge in [-0.25, -0.2) is 0 Å². The summed E-state index contributed by atoms with van der Waals surface area (Å²) in [6.45, 7) is 5.74. The van der Waals surface area contributed by atoms with Gasteiger partial charge in [0.15, 0.2) is 0 Å². The molecule has 0 bridgehead atoms. The van der Waals surface area contributed by atoms with Gasteiger partial charge in [0, 0.05) is 18.8 Å². The van der Waals surface area contributed by atoms with Crippen LogP contribution in [0.4, 0.5) is 0 Å². The summed E-state index contributed by atoms with van der Waals surface area (Å²) in [5.41, 5.74) is 0. The van der Waals surface area contributed by atoms with Crippen molar-refractivity contribution in [1.29, 1.82) is 0 Å². The van der Waals surface area contributed by atoms with E-state index in [1.165, 1.54) is 12.8 Å². The molecule has 0 aromatic carbocycles. The Labute approximate surface area is 106 Å². The summed E-state index contributed by atoms with van der Waals surface area (Å²) in [7, 11) is 0. The topological polar surface area (TPSA) is 34.1 Å². The number of hydrogen-bond donors (Lipinski definition) is 0. The van der Waals surface area contributed by atoms with E-state index < -0.39 is 0 Å². The molecule has 2 heteroatoms. The molecule has 1 atom stereocenters. The Kier molecular flexibility index (Phi) is 10.1. The number of rotatable bonds is 11. The minimum absolute atomic E-state index is 0.241. The first-order valence-electron chi connectivity index (χ1n) is 7.10. The monoisotopic (exact) mass is 240 g/mol. The Morgan fingerprint density at radius 1 is 0.882 bits per heavy atom. The minimum Gasteiger partial charge on any atom is -0.300 e. The maximum absolute atomic E-state index is 11.5. The number of hydrogen-bond acceptors (Lipinski definition) is 2. The Hall–Kier alpha value is -0.660. The SMILES string of the molecule is CCC(C)C(=O)CCCCCCCCC(C)=O. The third-order valence-corrected chi connectivity index (χ3v) is 3.36. The highest BCUT2D eigenvalue weighted by atomic mass is 16.1. The average Bonchev–Trinajstić information content (AvgIpc) is 2.30. The predicted molar refractivity (Wildman–Crippen MR) is 72.1 cm³/mol. The molecule has 0 spiro atoms. The summed E-state index contributed by atoms with van der Waals surface area (Å²) in [4.78, 5) is 22.3. The number of ketones is 2. The zero-order valence-electron chi connectivity index (χ0n) is 11.8. The molecule has 0 aliphatic heterocycles. The first-order chi connectivity index (χ1) is 8.07. The summed E-state index contributed by atoms with van der Waals surface area (Å²) in [6, 6.07) is 0. The van der Waals surface area contributed by atoms with E-state index >= 15 is 0 Å². The van der Waals surface area contributed by atoms with E-state index in [1.807, 2.05) is 6.92 Å². The van der Waals surface area contributed by atoms with Crippen molar-refractivity contribution in [3.63, 3.8) is 0 Å². The van der Waals surface area contributed by atoms with Crippen LogP contribution in [-0.2, 0) is 9.59 Å². The highest BCUT2D eigenvalue weighted by Crippen LogP contribution is 2.12. The Bertz CT molecular complexity index is 221. The predicted octanol–water partition coefficient (Wildman–Crippen LogP) is 4.31. The van der Waals surface area contributed by atoms with E-state index in [9.17, 15) is 9.59 Å². The smallest absolute Gasteiger partial charge is 0.135 e. The molecule has 0 aliphatic rings. The van der Waals surface area contributed by atoms with Crippen LogP contribution in [0.15, 0.2) is 0 Å². The molecule has 1 unspecified atom stereocenters. The fourth-order valence-corrected chi connectivity index (χ4v) is 1.85. The first-order valence-corrected chi connectivity index (χ1v) is 7.10. The highest BCUT2D eigenvalue weighted by Gasteiger charge is 2.09. The molecule has 0 radical (unpaired) electrons. The van der Waals surface area contributed by atoms with E-state index in [0.717, 1.165) is 44.9 Å². The van der Waals surface area contributed by atoms with Crippen molar-refractivity contribution in [2.75, 3.05) is 0 Å². The molecule has 0 rings (SSSR count). The number of unbranched alkanes of at least 4 members (excludes halogenated alkanes) is 5. The van der Waals surface area contributed by atoms with Gasteiger partial charge in [-0.15, -0.1) is 0 Å². The van der Waals surface area contributed by atoms with E-state index in [-0.39, 0.29) is 5.92 Å². The largest absolute Gasteiger partial charge is 0.300 e. The van der Waals surface area contributed by atoms with Crippen LogP contribution in [0, 0.1) is 5.92 Å². The van der Waals surface area contributed by atoms with E-state index in [1.54, 1.807) is 6.92 Å². The lowest BCUT2D eigenvalue weighted by molar-refractivity contribution is -0.122. The van der Waals surface area contributed by atoms with Gasteiger partial charge in [-0.1, -0.05) is 39.5 Å².